The molecule has 0 bridgehead atoms. The number of nitrogens with zero attached hydrogens (tertiary/aromatic N) is 1. The summed E-state index contributed by atoms with van der Waals surface area (Å²) in [4.78, 5) is 17.4. The number of anilines is 1. The van der Waals surface area contributed by atoms with Crippen molar-refractivity contribution in [2.75, 3.05) is 5.32 Å². The van der Waals surface area contributed by atoms with Gasteiger partial charge in [0, 0.05) is 27.7 Å². The Morgan fingerprint density at radius 1 is 1.03 bits per heavy atom. The monoisotopic (exact) mass is 445 g/mol. The molecule has 1 amide bonds. The van der Waals surface area contributed by atoms with Crippen LogP contribution in [0.3, 0.4) is 0 Å². The summed E-state index contributed by atoms with van der Waals surface area (Å²) in [6, 6.07) is 9.84. The number of hydrogen-bond acceptors (Lipinski definition) is 4. The Morgan fingerprint density at radius 3 is 2.17 bits per heavy atom. The van der Waals surface area contributed by atoms with Crippen molar-refractivity contribution >= 4 is 44.0 Å². The maximum atomic E-state index is 13.2. The Bertz CT molecular complexity index is 1210. The van der Waals surface area contributed by atoms with Gasteiger partial charge in [0.25, 0.3) is 5.91 Å². The van der Waals surface area contributed by atoms with Gasteiger partial charge in [-0.3, -0.25) is 9.78 Å². The number of carbonyl (C=O) groups excluding carboxylic acids is 1. The van der Waals surface area contributed by atoms with Crippen molar-refractivity contribution in [1.29, 1.82) is 0 Å². The highest BCUT2D eigenvalue weighted by atomic mass is 35.5. The zero-order chi connectivity index (χ0) is 22.2. The number of benzene rings is 2. The number of sulfonamides is 1. The van der Waals surface area contributed by atoms with Gasteiger partial charge in [-0.2, -0.15) is 0 Å². The highest BCUT2D eigenvalue weighted by molar-refractivity contribution is 7.89. The zero-order valence-corrected chi connectivity index (χ0v) is 18.8. The molecule has 30 heavy (non-hydrogen) atoms. The van der Waals surface area contributed by atoms with Gasteiger partial charge in [0.05, 0.1) is 4.90 Å². The summed E-state index contributed by atoms with van der Waals surface area (Å²) >= 11 is 6.31. The van der Waals surface area contributed by atoms with E-state index in [1.165, 1.54) is 18.3 Å². The fraction of sp³-hybridized carbons (Fsp3) is 0.273. The van der Waals surface area contributed by atoms with Crippen molar-refractivity contribution in [3.8, 4) is 0 Å². The highest BCUT2D eigenvalue weighted by Crippen LogP contribution is 2.36. The van der Waals surface area contributed by atoms with Gasteiger partial charge in [-0.25, -0.2) is 13.6 Å². The molecule has 0 aliphatic rings. The minimum absolute atomic E-state index is 0.0475. The predicted molar refractivity (Wildman–Crippen MR) is 121 cm³/mol. The fourth-order valence-electron chi connectivity index (χ4n) is 3.48. The van der Waals surface area contributed by atoms with E-state index >= 15 is 0 Å². The van der Waals surface area contributed by atoms with Crippen LogP contribution in [0, 0.1) is 0 Å². The molecule has 3 rings (SSSR count). The second-order valence-corrected chi connectivity index (χ2v) is 9.74. The molecule has 1 heterocycles. The molecule has 1 aromatic heterocycles. The first-order valence-electron chi connectivity index (χ1n) is 9.56. The number of aromatic nitrogens is 1. The van der Waals surface area contributed by atoms with Gasteiger partial charge in [0.15, 0.2) is 0 Å². The van der Waals surface area contributed by atoms with Crippen molar-refractivity contribution in [1.82, 2.24) is 4.98 Å². The van der Waals surface area contributed by atoms with Crippen LogP contribution in [0.5, 0.6) is 0 Å². The number of nitrogens with one attached hydrogen (secondary N) is 1. The second kappa shape index (κ2) is 8.34. The molecule has 0 aliphatic heterocycles. The molecule has 0 saturated carbocycles. The SMILES string of the molecule is CC(C)c1cc(Cl)cc(C(C)C)c1NC(=O)c1nccc2c(S(N)(=O)=O)cccc12. The van der Waals surface area contributed by atoms with E-state index in [0.717, 1.165) is 11.1 Å². The van der Waals surface area contributed by atoms with Gasteiger partial charge < -0.3 is 5.32 Å². The zero-order valence-electron chi connectivity index (χ0n) is 17.2. The molecule has 3 N–H and O–H groups in total. The second-order valence-electron chi connectivity index (χ2n) is 7.78. The van der Waals surface area contributed by atoms with Crippen LogP contribution in [0.1, 0.15) is 61.1 Å². The first-order chi connectivity index (χ1) is 14.0. The van der Waals surface area contributed by atoms with Crippen LogP contribution in [0.25, 0.3) is 10.8 Å². The number of nitrogens with two attached hydrogens (primary N) is 1. The first kappa shape index (κ1) is 22.2. The van der Waals surface area contributed by atoms with E-state index in [-0.39, 0.29) is 22.4 Å². The van der Waals surface area contributed by atoms with Crippen LogP contribution in [-0.4, -0.2) is 19.3 Å². The minimum Gasteiger partial charge on any atom is -0.320 e. The summed E-state index contributed by atoms with van der Waals surface area (Å²) < 4.78 is 23.9. The lowest BCUT2D eigenvalue weighted by Crippen LogP contribution is -2.18. The lowest BCUT2D eigenvalue weighted by atomic mass is 9.92. The quantitative estimate of drug-likeness (QED) is 0.574. The number of carbonyl (C=O) groups is 1. The molecule has 6 nitrogen and oxygen atoms in total. The van der Waals surface area contributed by atoms with Crippen LogP contribution in [-0.2, 0) is 10.0 Å². The number of rotatable bonds is 5. The van der Waals surface area contributed by atoms with Crippen molar-refractivity contribution in [3.05, 3.63) is 64.4 Å². The number of halogens is 1. The van der Waals surface area contributed by atoms with E-state index in [2.05, 4.69) is 10.3 Å². The van der Waals surface area contributed by atoms with E-state index in [1.54, 1.807) is 12.1 Å². The van der Waals surface area contributed by atoms with Gasteiger partial charge in [-0.05, 0) is 47.2 Å². The van der Waals surface area contributed by atoms with Gasteiger partial charge >= 0.3 is 0 Å². The van der Waals surface area contributed by atoms with E-state index in [4.69, 9.17) is 16.7 Å². The molecule has 0 unspecified atom stereocenters. The summed E-state index contributed by atoms with van der Waals surface area (Å²) in [7, 11) is -3.95. The lowest BCUT2D eigenvalue weighted by Gasteiger charge is -2.21. The van der Waals surface area contributed by atoms with E-state index in [1.807, 2.05) is 39.8 Å². The average Bonchev–Trinajstić information content (AvgIpc) is 2.66. The Hall–Kier alpha value is -2.48. The third-order valence-corrected chi connectivity index (χ3v) is 6.12. The summed E-state index contributed by atoms with van der Waals surface area (Å²) in [5.41, 5.74) is 2.67. The van der Waals surface area contributed by atoms with Gasteiger partial charge in [0.2, 0.25) is 10.0 Å². The minimum atomic E-state index is -3.95. The predicted octanol–water partition coefficient (Wildman–Crippen LogP) is 5.03. The Morgan fingerprint density at radius 2 is 1.63 bits per heavy atom. The molecule has 0 fully saturated rings. The van der Waals surface area contributed by atoms with E-state index in [9.17, 15) is 13.2 Å². The normalized spacial score (nSPS) is 12.0. The Kier molecular flexibility index (Phi) is 6.17. The Labute approximate surface area is 181 Å². The molecule has 0 saturated heterocycles. The Balaban J connectivity index is 2.16. The summed E-state index contributed by atoms with van der Waals surface area (Å²) in [5, 5.41) is 9.70. The van der Waals surface area contributed by atoms with Gasteiger partial charge in [0.1, 0.15) is 5.69 Å². The molecule has 0 spiro atoms. The standard InChI is InChI=1S/C22H24ClN3O3S/c1-12(2)17-10-14(23)11-18(13(3)4)20(17)26-22(27)21-16-6-5-7-19(30(24,28)29)15(16)8-9-25-21/h5-13H,1-4H3,(H,26,27)(H2,24,28,29). The van der Waals surface area contributed by atoms with Crippen LogP contribution in [0.15, 0.2) is 47.5 Å². The molecular weight excluding hydrogens is 422 g/mol. The van der Waals surface area contributed by atoms with Gasteiger partial charge in [-0.1, -0.05) is 51.4 Å². The van der Waals surface area contributed by atoms with E-state index < -0.39 is 15.9 Å². The molecule has 158 valence electrons. The molecule has 2 aromatic carbocycles. The maximum absolute atomic E-state index is 13.2. The van der Waals surface area contributed by atoms with Crippen LogP contribution >= 0.6 is 11.6 Å². The number of amides is 1. The van der Waals surface area contributed by atoms with E-state index in [0.29, 0.717) is 21.5 Å². The summed E-state index contributed by atoms with van der Waals surface area (Å²) in [6.45, 7) is 8.11. The first-order valence-corrected chi connectivity index (χ1v) is 11.5. The fourth-order valence-corrected chi connectivity index (χ4v) is 4.47. The average molecular weight is 446 g/mol. The van der Waals surface area contributed by atoms with Crippen molar-refractivity contribution in [3.63, 3.8) is 0 Å². The van der Waals surface area contributed by atoms with Crippen molar-refractivity contribution in [2.24, 2.45) is 5.14 Å². The molecule has 3 aromatic rings. The maximum Gasteiger partial charge on any atom is 0.274 e. The lowest BCUT2D eigenvalue weighted by molar-refractivity contribution is 0.102. The molecule has 0 aliphatic carbocycles. The third kappa shape index (κ3) is 4.33. The molecule has 8 heteroatoms. The molecular formula is C22H24ClN3O3S. The van der Waals surface area contributed by atoms with Crippen LogP contribution in [0.4, 0.5) is 5.69 Å². The van der Waals surface area contributed by atoms with Crippen molar-refractivity contribution in [2.45, 2.75) is 44.4 Å². The topological polar surface area (TPSA) is 102 Å². The summed E-state index contributed by atoms with van der Waals surface area (Å²) in [6.07, 6.45) is 1.40. The smallest absolute Gasteiger partial charge is 0.274 e. The number of primary sulfonamides is 1. The number of hydrogen-bond donors (Lipinski definition) is 2. The summed E-state index contributed by atoms with van der Waals surface area (Å²) in [5.74, 6) is -0.171. The molecule has 0 atom stereocenters. The van der Waals surface area contributed by atoms with Crippen LogP contribution in [0.2, 0.25) is 5.02 Å². The largest absolute Gasteiger partial charge is 0.320 e. The number of pyridine rings is 1. The van der Waals surface area contributed by atoms with Crippen LogP contribution < -0.4 is 10.5 Å². The third-order valence-electron chi connectivity index (χ3n) is 4.93. The van der Waals surface area contributed by atoms with Gasteiger partial charge in [-0.15, -0.1) is 0 Å². The molecule has 0 radical (unpaired) electrons. The van der Waals surface area contributed by atoms with Crippen molar-refractivity contribution < 1.29 is 13.2 Å². The highest BCUT2D eigenvalue weighted by Gasteiger charge is 2.21. The number of fused-ring (bicyclic) bond motifs is 1.